The second kappa shape index (κ2) is 4.67. The lowest BCUT2D eigenvalue weighted by Crippen LogP contribution is -2.26. The summed E-state index contributed by atoms with van der Waals surface area (Å²) in [7, 11) is 0. The van der Waals surface area contributed by atoms with Crippen LogP contribution in [-0.2, 0) is 0 Å². The Labute approximate surface area is 108 Å². The Bertz CT molecular complexity index is 435. The van der Waals surface area contributed by atoms with Crippen molar-refractivity contribution < 1.29 is 4.74 Å². The maximum atomic E-state index is 5.83. The van der Waals surface area contributed by atoms with E-state index in [-0.39, 0.29) is 0 Å². The maximum Gasteiger partial charge on any atom is 0.239 e. The van der Waals surface area contributed by atoms with Crippen molar-refractivity contribution in [1.29, 1.82) is 0 Å². The zero-order valence-corrected chi connectivity index (χ0v) is 10.9. The van der Waals surface area contributed by atoms with Crippen LogP contribution in [0.5, 0.6) is 5.88 Å². The monoisotopic (exact) mass is 247 g/mol. The Morgan fingerprint density at radius 1 is 1.39 bits per heavy atom. The van der Waals surface area contributed by atoms with Gasteiger partial charge in [-0.25, -0.2) is 0 Å². The minimum atomic E-state index is 0.547. The summed E-state index contributed by atoms with van der Waals surface area (Å²) in [5.41, 5.74) is 6.44. The minimum absolute atomic E-state index is 0.547. The van der Waals surface area contributed by atoms with E-state index in [1.54, 1.807) is 0 Å². The number of anilines is 2. The van der Waals surface area contributed by atoms with Gasteiger partial charge in [-0.3, -0.25) is 0 Å². The summed E-state index contributed by atoms with van der Waals surface area (Å²) in [4.78, 5) is 4.45. The quantitative estimate of drug-likeness (QED) is 0.858. The predicted octanol–water partition coefficient (Wildman–Crippen LogP) is 2.66. The molecule has 0 amide bonds. The number of hydrogen-bond donors (Lipinski definition) is 2. The van der Waals surface area contributed by atoms with E-state index in [2.05, 4.69) is 10.3 Å². The van der Waals surface area contributed by atoms with E-state index in [0.29, 0.717) is 24.2 Å². The molecule has 2 aliphatic rings. The SMILES string of the molecule is CCOc1nc(NC2CC3CCC2C3)ccc1N. The van der Waals surface area contributed by atoms with Gasteiger partial charge in [-0.2, -0.15) is 4.98 Å². The Morgan fingerprint density at radius 3 is 2.94 bits per heavy atom. The molecule has 3 rings (SSSR count). The molecule has 18 heavy (non-hydrogen) atoms. The third kappa shape index (κ3) is 2.11. The molecule has 3 unspecified atom stereocenters. The van der Waals surface area contributed by atoms with Gasteiger partial charge in [0.1, 0.15) is 5.82 Å². The number of ether oxygens (including phenoxy) is 1. The van der Waals surface area contributed by atoms with Crippen molar-refractivity contribution in [3.05, 3.63) is 12.1 Å². The molecule has 0 spiro atoms. The fourth-order valence-corrected chi connectivity index (χ4v) is 3.40. The lowest BCUT2D eigenvalue weighted by Gasteiger charge is -2.23. The van der Waals surface area contributed by atoms with E-state index in [9.17, 15) is 0 Å². The fourth-order valence-electron chi connectivity index (χ4n) is 3.40. The molecule has 2 bridgehead atoms. The summed E-state index contributed by atoms with van der Waals surface area (Å²) < 4.78 is 5.43. The number of fused-ring (bicyclic) bond motifs is 2. The summed E-state index contributed by atoms with van der Waals surface area (Å²) in [5, 5.41) is 3.55. The Balaban J connectivity index is 1.71. The zero-order valence-electron chi connectivity index (χ0n) is 10.9. The first kappa shape index (κ1) is 11.6. The first-order valence-corrected chi connectivity index (χ1v) is 6.92. The molecule has 2 fully saturated rings. The van der Waals surface area contributed by atoms with Crippen molar-refractivity contribution in [2.24, 2.45) is 11.8 Å². The Morgan fingerprint density at radius 2 is 2.28 bits per heavy atom. The smallest absolute Gasteiger partial charge is 0.239 e. The van der Waals surface area contributed by atoms with Crippen LogP contribution in [0.1, 0.15) is 32.6 Å². The van der Waals surface area contributed by atoms with Crippen LogP contribution < -0.4 is 15.8 Å². The average Bonchev–Trinajstić information content (AvgIpc) is 2.96. The Hall–Kier alpha value is -1.45. The first-order valence-electron chi connectivity index (χ1n) is 6.92. The lowest BCUT2D eigenvalue weighted by atomic mass is 9.95. The average molecular weight is 247 g/mol. The van der Waals surface area contributed by atoms with Crippen molar-refractivity contribution in [2.45, 2.75) is 38.6 Å². The molecule has 0 aliphatic heterocycles. The van der Waals surface area contributed by atoms with E-state index in [0.717, 1.165) is 17.7 Å². The zero-order chi connectivity index (χ0) is 12.5. The third-order valence-corrected chi connectivity index (χ3v) is 4.24. The van der Waals surface area contributed by atoms with Gasteiger partial charge >= 0.3 is 0 Å². The first-order chi connectivity index (χ1) is 8.76. The third-order valence-electron chi connectivity index (χ3n) is 4.24. The number of nitrogens with zero attached hydrogens (tertiary/aromatic N) is 1. The van der Waals surface area contributed by atoms with Gasteiger partial charge in [-0.15, -0.1) is 0 Å². The molecule has 0 radical (unpaired) electrons. The number of aromatic nitrogens is 1. The van der Waals surface area contributed by atoms with Crippen LogP contribution in [0, 0.1) is 11.8 Å². The molecule has 3 N–H and O–H groups in total. The second-order valence-corrected chi connectivity index (χ2v) is 5.45. The number of hydrogen-bond acceptors (Lipinski definition) is 4. The van der Waals surface area contributed by atoms with Gasteiger partial charge in [0.05, 0.1) is 12.3 Å². The summed E-state index contributed by atoms with van der Waals surface area (Å²) in [5.74, 6) is 3.22. The highest BCUT2D eigenvalue weighted by Gasteiger charge is 2.39. The molecule has 4 heteroatoms. The molecular formula is C14H21N3O. The molecule has 2 saturated carbocycles. The maximum absolute atomic E-state index is 5.83. The van der Waals surface area contributed by atoms with Crippen LogP contribution in [0.2, 0.25) is 0 Å². The van der Waals surface area contributed by atoms with Crippen molar-refractivity contribution >= 4 is 11.5 Å². The highest BCUT2D eigenvalue weighted by molar-refractivity contribution is 5.54. The van der Waals surface area contributed by atoms with Crippen LogP contribution >= 0.6 is 0 Å². The minimum Gasteiger partial charge on any atom is -0.476 e. The van der Waals surface area contributed by atoms with E-state index in [4.69, 9.17) is 10.5 Å². The normalized spacial score (nSPS) is 29.5. The Kier molecular flexibility index (Phi) is 3.02. The summed E-state index contributed by atoms with van der Waals surface area (Å²) in [6.45, 7) is 2.53. The fraction of sp³-hybridized carbons (Fsp3) is 0.643. The molecule has 1 aromatic rings. The van der Waals surface area contributed by atoms with Crippen molar-refractivity contribution in [3.63, 3.8) is 0 Å². The van der Waals surface area contributed by atoms with Crippen LogP contribution in [0.4, 0.5) is 11.5 Å². The van der Waals surface area contributed by atoms with E-state index in [1.807, 2.05) is 19.1 Å². The molecule has 2 aliphatic carbocycles. The molecule has 98 valence electrons. The molecular weight excluding hydrogens is 226 g/mol. The molecule has 4 nitrogen and oxygen atoms in total. The van der Waals surface area contributed by atoms with Crippen LogP contribution in [0.15, 0.2) is 12.1 Å². The number of nitrogens with one attached hydrogen (secondary N) is 1. The molecule has 1 heterocycles. The van der Waals surface area contributed by atoms with Gasteiger partial charge in [0.2, 0.25) is 5.88 Å². The molecule has 3 atom stereocenters. The largest absolute Gasteiger partial charge is 0.476 e. The lowest BCUT2D eigenvalue weighted by molar-refractivity contribution is 0.329. The number of nitrogens with two attached hydrogens (primary N) is 1. The number of nitrogen functional groups attached to an aromatic ring is 1. The molecule has 0 saturated heterocycles. The van der Waals surface area contributed by atoms with Gasteiger partial charge in [-0.05, 0) is 50.2 Å². The van der Waals surface area contributed by atoms with Crippen LogP contribution in [-0.4, -0.2) is 17.6 Å². The van der Waals surface area contributed by atoms with Crippen molar-refractivity contribution in [2.75, 3.05) is 17.7 Å². The predicted molar refractivity (Wildman–Crippen MR) is 72.7 cm³/mol. The van der Waals surface area contributed by atoms with Gasteiger partial charge in [0.15, 0.2) is 0 Å². The van der Waals surface area contributed by atoms with Gasteiger partial charge in [-0.1, -0.05) is 6.42 Å². The van der Waals surface area contributed by atoms with E-state index >= 15 is 0 Å². The topological polar surface area (TPSA) is 60.2 Å². The van der Waals surface area contributed by atoms with E-state index in [1.165, 1.54) is 25.7 Å². The highest BCUT2D eigenvalue weighted by atomic mass is 16.5. The molecule has 0 aromatic carbocycles. The summed E-state index contributed by atoms with van der Waals surface area (Å²) in [6, 6.07) is 4.41. The van der Waals surface area contributed by atoms with E-state index < -0.39 is 0 Å². The number of rotatable bonds is 4. The second-order valence-electron chi connectivity index (χ2n) is 5.45. The molecule has 1 aromatic heterocycles. The van der Waals surface area contributed by atoms with Crippen LogP contribution in [0.25, 0.3) is 0 Å². The van der Waals surface area contributed by atoms with Crippen LogP contribution in [0.3, 0.4) is 0 Å². The van der Waals surface area contributed by atoms with Gasteiger partial charge < -0.3 is 15.8 Å². The van der Waals surface area contributed by atoms with Gasteiger partial charge in [0.25, 0.3) is 0 Å². The van der Waals surface area contributed by atoms with Gasteiger partial charge in [0, 0.05) is 6.04 Å². The number of pyridine rings is 1. The standard InChI is InChI=1S/C14H21N3O/c1-2-18-14-11(15)5-6-13(17-14)16-12-8-9-3-4-10(12)7-9/h5-6,9-10,12H,2-4,7-8,15H2,1H3,(H,16,17). The highest BCUT2D eigenvalue weighted by Crippen LogP contribution is 2.45. The van der Waals surface area contributed by atoms with Crippen molar-refractivity contribution in [3.8, 4) is 5.88 Å². The summed E-state index contributed by atoms with van der Waals surface area (Å²) in [6.07, 6.45) is 5.48. The van der Waals surface area contributed by atoms with Crippen molar-refractivity contribution in [1.82, 2.24) is 4.98 Å². The summed E-state index contributed by atoms with van der Waals surface area (Å²) >= 11 is 0.